The highest BCUT2D eigenvalue weighted by Gasteiger charge is 2.09. The summed E-state index contributed by atoms with van der Waals surface area (Å²) in [6, 6.07) is 8.67. The van der Waals surface area contributed by atoms with Gasteiger partial charge in [-0.05, 0) is 36.8 Å². The molecule has 1 heterocycles. The number of hydrogen-bond donors (Lipinski definition) is 2. The molecule has 5 nitrogen and oxygen atoms in total. The Morgan fingerprint density at radius 2 is 2.18 bits per heavy atom. The van der Waals surface area contributed by atoms with Crippen molar-refractivity contribution in [1.29, 1.82) is 0 Å². The highest BCUT2D eigenvalue weighted by Crippen LogP contribution is 2.23. The number of carbonyl (C=O) groups is 1. The van der Waals surface area contributed by atoms with E-state index in [9.17, 15) is 4.79 Å². The highest BCUT2D eigenvalue weighted by molar-refractivity contribution is 5.95. The van der Waals surface area contributed by atoms with Crippen LogP contribution in [0.3, 0.4) is 0 Å². The normalized spacial score (nSPS) is 10.4. The van der Waals surface area contributed by atoms with Crippen molar-refractivity contribution in [3.8, 4) is 5.75 Å². The molecule has 0 saturated heterocycles. The number of nitrogens with two attached hydrogens (primary N) is 1. The first kappa shape index (κ1) is 15.9. The molecular formula is C17H22N2O3. The summed E-state index contributed by atoms with van der Waals surface area (Å²) < 4.78 is 10.8. The largest absolute Gasteiger partial charge is 0.491 e. The minimum absolute atomic E-state index is 0.194. The lowest BCUT2D eigenvalue weighted by Crippen LogP contribution is -2.22. The molecule has 0 spiro atoms. The third-order valence-corrected chi connectivity index (χ3v) is 3.28. The van der Waals surface area contributed by atoms with Gasteiger partial charge in [-0.25, -0.2) is 0 Å². The molecule has 118 valence electrons. The summed E-state index contributed by atoms with van der Waals surface area (Å²) >= 11 is 0. The number of furan rings is 1. The van der Waals surface area contributed by atoms with E-state index in [4.69, 9.17) is 14.9 Å². The Morgan fingerprint density at radius 1 is 1.32 bits per heavy atom. The Balaban J connectivity index is 1.88. The first-order chi connectivity index (χ1) is 10.7. The minimum Gasteiger partial charge on any atom is -0.491 e. The van der Waals surface area contributed by atoms with Crippen molar-refractivity contribution in [3.05, 3.63) is 47.9 Å². The van der Waals surface area contributed by atoms with Gasteiger partial charge in [0.15, 0.2) is 0 Å². The maximum absolute atomic E-state index is 12.1. The molecule has 2 rings (SSSR count). The van der Waals surface area contributed by atoms with Gasteiger partial charge in [-0.15, -0.1) is 0 Å². The topological polar surface area (TPSA) is 77.5 Å². The van der Waals surface area contributed by atoms with Crippen LogP contribution in [0, 0.1) is 0 Å². The third kappa shape index (κ3) is 4.55. The van der Waals surface area contributed by atoms with Crippen LogP contribution in [0.25, 0.3) is 0 Å². The fraction of sp³-hybridized carbons (Fsp3) is 0.353. The van der Waals surface area contributed by atoms with Gasteiger partial charge < -0.3 is 20.2 Å². The van der Waals surface area contributed by atoms with E-state index in [0.717, 1.165) is 19.3 Å². The molecule has 2 aromatic rings. The second-order valence-corrected chi connectivity index (χ2v) is 5.07. The Bertz CT molecular complexity index is 594. The molecule has 0 radical (unpaired) electrons. The van der Waals surface area contributed by atoms with Crippen LogP contribution in [0.15, 0.2) is 41.0 Å². The number of nitrogens with one attached hydrogen (secondary N) is 1. The molecule has 5 heteroatoms. The summed E-state index contributed by atoms with van der Waals surface area (Å²) in [5, 5.41) is 2.78. The van der Waals surface area contributed by atoms with Gasteiger partial charge in [-0.2, -0.15) is 0 Å². The molecule has 0 aliphatic rings. The standard InChI is InChI=1S/C17H22N2O3/c1-2-3-4-9-22-16-8-7-13(11-15(16)18)17(20)19-12-14-6-5-10-21-14/h5-8,10-11H,2-4,9,12,18H2,1H3,(H,19,20). The molecule has 0 aliphatic carbocycles. The summed E-state index contributed by atoms with van der Waals surface area (Å²) in [6.07, 6.45) is 4.85. The first-order valence-corrected chi connectivity index (χ1v) is 7.53. The van der Waals surface area contributed by atoms with E-state index in [0.29, 0.717) is 35.9 Å². The van der Waals surface area contributed by atoms with E-state index in [1.807, 2.05) is 6.07 Å². The monoisotopic (exact) mass is 302 g/mol. The summed E-state index contributed by atoms with van der Waals surface area (Å²) in [6.45, 7) is 3.13. The zero-order valence-corrected chi connectivity index (χ0v) is 12.8. The van der Waals surface area contributed by atoms with E-state index in [-0.39, 0.29) is 5.91 Å². The van der Waals surface area contributed by atoms with Crippen LogP contribution in [0.1, 0.15) is 42.3 Å². The van der Waals surface area contributed by atoms with Crippen LogP contribution in [-0.2, 0) is 6.54 Å². The summed E-state index contributed by atoms with van der Waals surface area (Å²) in [7, 11) is 0. The van der Waals surface area contributed by atoms with Crippen LogP contribution >= 0.6 is 0 Å². The van der Waals surface area contributed by atoms with E-state index in [2.05, 4.69) is 12.2 Å². The van der Waals surface area contributed by atoms with Gasteiger partial charge in [-0.3, -0.25) is 4.79 Å². The van der Waals surface area contributed by atoms with Crippen molar-refractivity contribution < 1.29 is 13.9 Å². The van der Waals surface area contributed by atoms with Crippen LogP contribution in [0.5, 0.6) is 5.75 Å². The van der Waals surface area contributed by atoms with Gasteiger partial charge in [0.1, 0.15) is 11.5 Å². The van der Waals surface area contributed by atoms with Crippen molar-refractivity contribution in [2.75, 3.05) is 12.3 Å². The van der Waals surface area contributed by atoms with Gasteiger partial charge in [0.05, 0.1) is 25.1 Å². The number of unbranched alkanes of at least 4 members (excludes halogenated alkanes) is 2. The number of amides is 1. The van der Waals surface area contributed by atoms with E-state index < -0.39 is 0 Å². The van der Waals surface area contributed by atoms with Crippen molar-refractivity contribution in [2.24, 2.45) is 0 Å². The van der Waals surface area contributed by atoms with Crippen molar-refractivity contribution in [3.63, 3.8) is 0 Å². The molecular weight excluding hydrogens is 280 g/mol. The Hall–Kier alpha value is -2.43. The van der Waals surface area contributed by atoms with Gasteiger partial charge in [0.25, 0.3) is 5.91 Å². The zero-order chi connectivity index (χ0) is 15.8. The van der Waals surface area contributed by atoms with Gasteiger partial charge in [0, 0.05) is 5.56 Å². The SMILES string of the molecule is CCCCCOc1ccc(C(=O)NCc2ccco2)cc1N. The van der Waals surface area contributed by atoms with Crippen molar-refractivity contribution in [1.82, 2.24) is 5.32 Å². The number of carbonyl (C=O) groups excluding carboxylic acids is 1. The lowest BCUT2D eigenvalue weighted by Gasteiger charge is -2.10. The Kier molecular flexibility index (Phi) is 5.89. The van der Waals surface area contributed by atoms with E-state index in [1.165, 1.54) is 0 Å². The summed E-state index contributed by atoms with van der Waals surface area (Å²) in [5.41, 5.74) is 6.92. The van der Waals surface area contributed by atoms with Crippen molar-refractivity contribution in [2.45, 2.75) is 32.7 Å². The van der Waals surface area contributed by atoms with Crippen LogP contribution in [0.2, 0.25) is 0 Å². The second kappa shape index (κ2) is 8.12. The molecule has 0 atom stereocenters. The summed E-state index contributed by atoms with van der Waals surface area (Å²) in [4.78, 5) is 12.1. The molecule has 1 amide bonds. The molecule has 0 saturated carbocycles. The van der Waals surface area contributed by atoms with Gasteiger partial charge in [-0.1, -0.05) is 19.8 Å². The smallest absolute Gasteiger partial charge is 0.251 e. The van der Waals surface area contributed by atoms with Crippen LogP contribution < -0.4 is 15.8 Å². The fourth-order valence-electron chi connectivity index (χ4n) is 2.04. The number of benzene rings is 1. The third-order valence-electron chi connectivity index (χ3n) is 3.28. The number of anilines is 1. The average Bonchev–Trinajstić information content (AvgIpc) is 3.04. The van der Waals surface area contributed by atoms with Crippen LogP contribution in [-0.4, -0.2) is 12.5 Å². The molecule has 22 heavy (non-hydrogen) atoms. The lowest BCUT2D eigenvalue weighted by atomic mass is 10.1. The maximum atomic E-state index is 12.1. The average molecular weight is 302 g/mol. The zero-order valence-electron chi connectivity index (χ0n) is 12.8. The minimum atomic E-state index is -0.194. The molecule has 1 aromatic heterocycles. The number of rotatable bonds is 8. The lowest BCUT2D eigenvalue weighted by molar-refractivity contribution is 0.0948. The number of hydrogen-bond acceptors (Lipinski definition) is 4. The molecule has 1 aromatic carbocycles. The fourth-order valence-corrected chi connectivity index (χ4v) is 2.04. The van der Waals surface area contributed by atoms with E-state index >= 15 is 0 Å². The van der Waals surface area contributed by atoms with Crippen LogP contribution in [0.4, 0.5) is 5.69 Å². The molecule has 3 N–H and O–H groups in total. The Morgan fingerprint density at radius 3 is 2.86 bits per heavy atom. The number of ether oxygens (including phenoxy) is 1. The second-order valence-electron chi connectivity index (χ2n) is 5.07. The Labute approximate surface area is 130 Å². The van der Waals surface area contributed by atoms with E-state index in [1.54, 1.807) is 30.5 Å². The first-order valence-electron chi connectivity index (χ1n) is 7.53. The highest BCUT2D eigenvalue weighted by atomic mass is 16.5. The predicted molar refractivity (Wildman–Crippen MR) is 85.8 cm³/mol. The molecule has 0 aliphatic heterocycles. The molecule has 0 fully saturated rings. The molecule has 0 unspecified atom stereocenters. The predicted octanol–water partition coefficient (Wildman–Crippen LogP) is 3.36. The number of nitrogen functional groups attached to an aromatic ring is 1. The maximum Gasteiger partial charge on any atom is 0.251 e. The van der Waals surface area contributed by atoms with Gasteiger partial charge >= 0.3 is 0 Å². The molecule has 0 bridgehead atoms. The van der Waals surface area contributed by atoms with Gasteiger partial charge in [0.2, 0.25) is 0 Å². The quantitative estimate of drug-likeness (QED) is 0.579. The summed E-state index contributed by atoms with van der Waals surface area (Å²) in [5.74, 6) is 1.14. The van der Waals surface area contributed by atoms with Crippen molar-refractivity contribution >= 4 is 11.6 Å².